The summed E-state index contributed by atoms with van der Waals surface area (Å²) in [4.78, 5) is 11.6. The molecule has 0 aromatic heterocycles. The molecule has 3 nitrogen and oxygen atoms in total. The topological polar surface area (TPSA) is 57.5 Å². The van der Waals surface area contributed by atoms with Gasteiger partial charge in [-0.2, -0.15) is 0 Å². The summed E-state index contributed by atoms with van der Waals surface area (Å²) in [6, 6.07) is 12.9. The molecule has 2 aromatic carbocycles. The zero-order chi connectivity index (χ0) is 15.6. The Balaban J connectivity index is 2.71. The van der Waals surface area contributed by atoms with Crippen LogP contribution in [0.2, 0.25) is 0 Å². The van der Waals surface area contributed by atoms with Gasteiger partial charge in [0.15, 0.2) is 0 Å². The summed E-state index contributed by atoms with van der Waals surface area (Å²) in [5.41, 5.74) is 1.69. The highest BCUT2D eigenvalue weighted by Crippen LogP contribution is 2.40. The number of hydrogen-bond acceptors (Lipinski definition) is 2. The minimum Gasteiger partial charge on any atom is -0.507 e. The van der Waals surface area contributed by atoms with Crippen LogP contribution in [0, 0.1) is 0 Å². The quantitative estimate of drug-likeness (QED) is 0.872. The smallest absolute Gasteiger partial charge is 0.340 e. The second-order valence-electron chi connectivity index (χ2n) is 5.79. The molecule has 0 radical (unpaired) electrons. The van der Waals surface area contributed by atoms with E-state index in [-0.39, 0.29) is 16.7 Å². The molecule has 3 heteroatoms. The SMILES string of the molecule is CCC(C)(C)c1ccc(-c2ccccc2)c(C(=O)O)c1O. The van der Waals surface area contributed by atoms with Crippen LogP contribution >= 0.6 is 0 Å². The van der Waals surface area contributed by atoms with Crippen LogP contribution in [0.4, 0.5) is 0 Å². The Kier molecular flexibility index (Phi) is 4.03. The maximum atomic E-state index is 11.6. The summed E-state index contributed by atoms with van der Waals surface area (Å²) in [5.74, 6) is -1.24. The monoisotopic (exact) mass is 284 g/mol. The Morgan fingerprint density at radius 1 is 1.10 bits per heavy atom. The molecule has 0 unspecified atom stereocenters. The van der Waals surface area contributed by atoms with Crippen LogP contribution in [-0.2, 0) is 5.41 Å². The highest BCUT2D eigenvalue weighted by Gasteiger charge is 2.27. The van der Waals surface area contributed by atoms with E-state index in [2.05, 4.69) is 0 Å². The van der Waals surface area contributed by atoms with Gasteiger partial charge >= 0.3 is 5.97 Å². The third kappa shape index (κ3) is 2.77. The number of phenols is 1. The van der Waals surface area contributed by atoms with Crippen molar-refractivity contribution in [2.75, 3.05) is 0 Å². The highest BCUT2D eigenvalue weighted by molar-refractivity contribution is 5.99. The van der Waals surface area contributed by atoms with Crippen LogP contribution in [0.5, 0.6) is 5.75 Å². The van der Waals surface area contributed by atoms with Crippen LogP contribution in [-0.4, -0.2) is 16.2 Å². The van der Waals surface area contributed by atoms with Crippen molar-refractivity contribution in [2.45, 2.75) is 32.6 Å². The van der Waals surface area contributed by atoms with Crippen molar-refractivity contribution in [3.05, 3.63) is 53.6 Å². The van der Waals surface area contributed by atoms with E-state index in [4.69, 9.17) is 0 Å². The lowest BCUT2D eigenvalue weighted by Crippen LogP contribution is -2.17. The molecule has 2 rings (SSSR count). The molecule has 0 saturated heterocycles. The first-order chi connectivity index (χ1) is 9.88. The first-order valence-electron chi connectivity index (χ1n) is 7.03. The molecule has 110 valence electrons. The van der Waals surface area contributed by atoms with Crippen molar-refractivity contribution in [3.63, 3.8) is 0 Å². The normalized spacial score (nSPS) is 11.4. The van der Waals surface area contributed by atoms with E-state index in [9.17, 15) is 15.0 Å². The number of carboxylic acid groups (broad SMARTS) is 1. The van der Waals surface area contributed by atoms with Crippen molar-refractivity contribution in [1.82, 2.24) is 0 Å². The minimum absolute atomic E-state index is 0.0276. The third-order valence-corrected chi connectivity index (χ3v) is 4.09. The molecule has 0 aliphatic heterocycles. The van der Waals surface area contributed by atoms with Gasteiger partial charge in [-0.25, -0.2) is 4.79 Å². The average Bonchev–Trinajstić information content (AvgIpc) is 2.47. The van der Waals surface area contributed by atoms with E-state index in [0.29, 0.717) is 11.1 Å². The molecule has 0 heterocycles. The minimum atomic E-state index is -1.11. The van der Waals surface area contributed by atoms with Gasteiger partial charge in [-0.1, -0.05) is 63.2 Å². The zero-order valence-electron chi connectivity index (χ0n) is 12.6. The first kappa shape index (κ1) is 15.1. The van der Waals surface area contributed by atoms with Crippen molar-refractivity contribution in [1.29, 1.82) is 0 Å². The van der Waals surface area contributed by atoms with Gasteiger partial charge < -0.3 is 10.2 Å². The third-order valence-electron chi connectivity index (χ3n) is 4.09. The van der Waals surface area contributed by atoms with E-state index in [1.807, 2.05) is 57.2 Å². The van der Waals surface area contributed by atoms with Gasteiger partial charge in [-0.15, -0.1) is 0 Å². The van der Waals surface area contributed by atoms with Crippen molar-refractivity contribution >= 4 is 5.97 Å². The predicted octanol–water partition coefficient (Wildman–Crippen LogP) is 4.45. The van der Waals surface area contributed by atoms with Gasteiger partial charge in [0.05, 0.1) is 0 Å². The molecule has 0 aliphatic rings. The molecule has 0 saturated carbocycles. The highest BCUT2D eigenvalue weighted by atomic mass is 16.4. The molecule has 0 amide bonds. The zero-order valence-corrected chi connectivity index (χ0v) is 12.6. The van der Waals surface area contributed by atoms with Crippen molar-refractivity contribution in [2.24, 2.45) is 0 Å². The van der Waals surface area contributed by atoms with Crippen LogP contribution in [0.25, 0.3) is 11.1 Å². The standard InChI is InChI=1S/C18H20O3/c1-4-18(2,3)14-11-10-13(12-8-6-5-7-9-12)15(16(14)19)17(20)21/h5-11,19H,4H2,1-3H3,(H,20,21). The van der Waals surface area contributed by atoms with E-state index in [1.54, 1.807) is 6.07 Å². The van der Waals surface area contributed by atoms with Gasteiger partial charge in [-0.05, 0) is 23.0 Å². The number of rotatable bonds is 4. The van der Waals surface area contributed by atoms with E-state index in [0.717, 1.165) is 12.0 Å². The maximum Gasteiger partial charge on any atom is 0.340 e. The Morgan fingerprint density at radius 3 is 2.24 bits per heavy atom. The number of hydrogen-bond donors (Lipinski definition) is 2. The maximum absolute atomic E-state index is 11.6. The fourth-order valence-electron chi connectivity index (χ4n) is 2.40. The summed E-state index contributed by atoms with van der Waals surface area (Å²) < 4.78 is 0. The van der Waals surface area contributed by atoms with Gasteiger partial charge in [-0.3, -0.25) is 0 Å². The van der Waals surface area contributed by atoms with Gasteiger partial charge in [0.25, 0.3) is 0 Å². The molecular formula is C18H20O3. The average molecular weight is 284 g/mol. The van der Waals surface area contributed by atoms with Gasteiger partial charge in [0, 0.05) is 5.56 Å². The number of aromatic carboxylic acids is 1. The molecule has 0 spiro atoms. The number of carboxylic acids is 1. The molecule has 2 N–H and O–H groups in total. The first-order valence-corrected chi connectivity index (χ1v) is 7.03. The second kappa shape index (κ2) is 5.60. The Morgan fingerprint density at radius 2 is 1.71 bits per heavy atom. The summed E-state index contributed by atoms with van der Waals surface area (Å²) in [7, 11) is 0. The molecular weight excluding hydrogens is 264 g/mol. The summed E-state index contributed by atoms with van der Waals surface area (Å²) >= 11 is 0. The lowest BCUT2D eigenvalue weighted by Gasteiger charge is -2.25. The molecule has 0 aliphatic carbocycles. The summed E-state index contributed by atoms with van der Waals surface area (Å²) in [6.45, 7) is 6.01. The number of aromatic hydroxyl groups is 1. The number of benzene rings is 2. The molecule has 21 heavy (non-hydrogen) atoms. The fraction of sp³-hybridized carbons (Fsp3) is 0.278. The summed E-state index contributed by atoms with van der Waals surface area (Å²) in [5, 5.41) is 20.0. The number of carbonyl (C=O) groups is 1. The summed E-state index contributed by atoms with van der Waals surface area (Å²) in [6.07, 6.45) is 0.810. The predicted molar refractivity (Wildman–Crippen MR) is 83.8 cm³/mol. The van der Waals surface area contributed by atoms with Gasteiger partial charge in [0.2, 0.25) is 0 Å². The Hall–Kier alpha value is -2.29. The van der Waals surface area contributed by atoms with E-state index in [1.165, 1.54) is 0 Å². The van der Waals surface area contributed by atoms with Crippen LogP contribution < -0.4 is 0 Å². The largest absolute Gasteiger partial charge is 0.507 e. The van der Waals surface area contributed by atoms with E-state index < -0.39 is 5.97 Å². The molecule has 0 fully saturated rings. The second-order valence-corrected chi connectivity index (χ2v) is 5.79. The Bertz CT molecular complexity index is 658. The molecule has 0 bridgehead atoms. The van der Waals surface area contributed by atoms with Crippen molar-refractivity contribution in [3.8, 4) is 16.9 Å². The van der Waals surface area contributed by atoms with Crippen LogP contribution in [0.15, 0.2) is 42.5 Å². The molecule has 2 aromatic rings. The van der Waals surface area contributed by atoms with Crippen molar-refractivity contribution < 1.29 is 15.0 Å². The van der Waals surface area contributed by atoms with Crippen LogP contribution in [0.3, 0.4) is 0 Å². The van der Waals surface area contributed by atoms with Crippen LogP contribution in [0.1, 0.15) is 43.1 Å². The Labute approximate surface area is 124 Å². The van der Waals surface area contributed by atoms with E-state index >= 15 is 0 Å². The molecule has 0 atom stereocenters. The lowest BCUT2D eigenvalue weighted by molar-refractivity contribution is 0.0694. The fourth-order valence-corrected chi connectivity index (χ4v) is 2.40. The lowest BCUT2D eigenvalue weighted by atomic mass is 9.79. The van der Waals surface area contributed by atoms with Gasteiger partial charge in [0.1, 0.15) is 11.3 Å².